The first kappa shape index (κ1) is 25.0. The van der Waals surface area contributed by atoms with Gasteiger partial charge in [-0.25, -0.2) is 4.39 Å². The van der Waals surface area contributed by atoms with Gasteiger partial charge >= 0.3 is 0 Å². The molecule has 3 aromatic carbocycles. The van der Waals surface area contributed by atoms with Gasteiger partial charge in [0, 0.05) is 25.4 Å². The molecule has 178 valence electrons. The van der Waals surface area contributed by atoms with Gasteiger partial charge in [0.2, 0.25) is 11.8 Å². The molecule has 0 unspecified atom stereocenters. The van der Waals surface area contributed by atoms with E-state index < -0.39 is 6.04 Å². The summed E-state index contributed by atoms with van der Waals surface area (Å²) in [6, 6.07) is 22.4. The molecule has 0 fully saturated rings. The normalized spacial score (nSPS) is 11.7. The third kappa shape index (κ3) is 6.91. The summed E-state index contributed by atoms with van der Waals surface area (Å²) in [5.41, 5.74) is 2.64. The summed E-state index contributed by atoms with van der Waals surface area (Å²) in [6.07, 6.45) is 0.370. The summed E-state index contributed by atoms with van der Waals surface area (Å²) in [6.45, 7) is 4.17. The van der Waals surface area contributed by atoms with Crippen LogP contribution in [0.5, 0.6) is 5.75 Å². The number of benzene rings is 3. The van der Waals surface area contributed by atoms with Crippen molar-refractivity contribution in [1.82, 2.24) is 10.2 Å². The van der Waals surface area contributed by atoms with Crippen molar-refractivity contribution < 1.29 is 18.7 Å². The van der Waals surface area contributed by atoms with Gasteiger partial charge in [0.25, 0.3) is 0 Å². The minimum absolute atomic E-state index is 0.134. The highest BCUT2D eigenvalue weighted by atomic mass is 19.1. The van der Waals surface area contributed by atoms with Crippen LogP contribution >= 0.6 is 0 Å². The molecule has 3 aromatic rings. The molecule has 3 rings (SSSR count). The highest BCUT2D eigenvalue weighted by Crippen LogP contribution is 2.18. The van der Waals surface area contributed by atoms with Crippen LogP contribution in [0, 0.1) is 11.7 Å². The quantitative estimate of drug-likeness (QED) is 0.473. The molecule has 1 N–H and O–H groups in total. The van der Waals surface area contributed by atoms with Gasteiger partial charge in [-0.3, -0.25) is 9.59 Å². The van der Waals surface area contributed by atoms with Gasteiger partial charge in [-0.1, -0.05) is 68.4 Å². The fourth-order valence-corrected chi connectivity index (χ4v) is 3.69. The van der Waals surface area contributed by atoms with Crippen LogP contribution in [0.25, 0.3) is 0 Å². The third-order valence-electron chi connectivity index (χ3n) is 5.62. The smallest absolute Gasteiger partial charge is 0.243 e. The van der Waals surface area contributed by atoms with Crippen LogP contribution in [0.2, 0.25) is 0 Å². The van der Waals surface area contributed by atoms with E-state index in [1.165, 1.54) is 12.1 Å². The Hall–Kier alpha value is -3.67. The summed E-state index contributed by atoms with van der Waals surface area (Å²) >= 11 is 0. The number of carbonyl (C=O) groups excluding carboxylic acids is 2. The van der Waals surface area contributed by atoms with Crippen molar-refractivity contribution in [3.8, 4) is 5.75 Å². The first-order chi connectivity index (χ1) is 16.4. The predicted molar refractivity (Wildman–Crippen MR) is 131 cm³/mol. The number of hydrogen-bond donors (Lipinski definition) is 1. The van der Waals surface area contributed by atoms with Gasteiger partial charge in [-0.15, -0.1) is 0 Å². The van der Waals surface area contributed by atoms with Crippen molar-refractivity contribution in [3.05, 3.63) is 101 Å². The van der Waals surface area contributed by atoms with Crippen LogP contribution in [0.4, 0.5) is 4.39 Å². The number of amides is 2. The van der Waals surface area contributed by atoms with Gasteiger partial charge in [0.1, 0.15) is 17.6 Å². The second kappa shape index (κ2) is 12.0. The molecule has 0 saturated heterocycles. The average molecular weight is 463 g/mol. The zero-order chi connectivity index (χ0) is 24.5. The molecular weight excluding hydrogens is 431 g/mol. The molecule has 0 aromatic heterocycles. The lowest BCUT2D eigenvalue weighted by molar-refractivity contribution is -0.143. The van der Waals surface area contributed by atoms with Crippen LogP contribution in [-0.2, 0) is 29.1 Å². The van der Waals surface area contributed by atoms with Crippen molar-refractivity contribution in [2.75, 3.05) is 7.11 Å². The maximum absolute atomic E-state index is 13.5. The van der Waals surface area contributed by atoms with E-state index in [9.17, 15) is 14.0 Å². The van der Waals surface area contributed by atoms with E-state index >= 15 is 0 Å². The van der Waals surface area contributed by atoms with Crippen LogP contribution in [0.15, 0.2) is 78.9 Å². The Balaban J connectivity index is 1.86. The Morgan fingerprint density at radius 3 is 2.09 bits per heavy atom. The second-order valence-electron chi connectivity index (χ2n) is 8.52. The number of nitrogens with one attached hydrogen (secondary N) is 1. The van der Waals surface area contributed by atoms with Crippen LogP contribution < -0.4 is 10.1 Å². The molecule has 2 amide bonds. The van der Waals surface area contributed by atoms with Gasteiger partial charge in [-0.2, -0.15) is 0 Å². The highest BCUT2D eigenvalue weighted by Gasteiger charge is 2.31. The van der Waals surface area contributed by atoms with Gasteiger partial charge < -0.3 is 15.0 Å². The number of rotatable bonds is 10. The molecule has 0 saturated carbocycles. The summed E-state index contributed by atoms with van der Waals surface area (Å²) in [4.78, 5) is 28.3. The van der Waals surface area contributed by atoms with E-state index in [4.69, 9.17) is 4.74 Å². The number of nitrogens with zero attached hydrogens (tertiary/aromatic N) is 1. The number of methoxy groups -OCH3 is 1. The van der Waals surface area contributed by atoms with E-state index in [1.807, 2.05) is 68.4 Å². The zero-order valence-electron chi connectivity index (χ0n) is 19.8. The molecule has 0 aliphatic heterocycles. The Morgan fingerprint density at radius 2 is 1.50 bits per heavy atom. The minimum atomic E-state index is -0.722. The average Bonchev–Trinajstić information content (AvgIpc) is 2.86. The van der Waals surface area contributed by atoms with Crippen molar-refractivity contribution >= 4 is 11.8 Å². The van der Waals surface area contributed by atoms with Crippen molar-refractivity contribution in [2.24, 2.45) is 5.92 Å². The maximum Gasteiger partial charge on any atom is 0.243 e. The van der Waals surface area contributed by atoms with Crippen molar-refractivity contribution in [1.29, 1.82) is 0 Å². The van der Waals surface area contributed by atoms with E-state index in [0.29, 0.717) is 13.0 Å². The van der Waals surface area contributed by atoms with Gasteiger partial charge in [0.05, 0.1) is 7.11 Å². The molecule has 0 heterocycles. The zero-order valence-corrected chi connectivity index (χ0v) is 19.8. The van der Waals surface area contributed by atoms with E-state index in [1.54, 1.807) is 24.1 Å². The topological polar surface area (TPSA) is 58.6 Å². The largest absolute Gasteiger partial charge is 0.497 e. The molecule has 0 bridgehead atoms. The predicted octanol–water partition coefficient (Wildman–Crippen LogP) is 4.75. The van der Waals surface area contributed by atoms with Gasteiger partial charge in [0.15, 0.2) is 0 Å². The minimum Gasteiger partial charge on any atom is -0.497 e. The second-order valence-corrected chi connectivity index (χ2v) is 8.52. The Bertz CT molecular complexity index is 1070. The molecule has 0 radical (unpaired) electrons. The highest BCUT2D eigenvalue weighted by molar-refractivity contribution is 5.88. The van der Waals surface area contributed by atoms with Crippen LogP contribution in [0.1, 0.15) is 30.5 Å². The fourth-order valence-electron chi connectivity index (χ4n) is 3.69. The van der Waals surface area contributed by atoms with Crippen molar-refractivity contribution in [2.45, 2.75) is 39.4 Å². The summed E-state index contributed by atoms with van der Waals surface area (Å²) < 4.78 is 18.6. The number of hydrogen-bond acceptors (Lipinski definition) is 3. The Morgan fingerprint density at radius 1 is 0.882 bits per heavy atom. The lowest BCUT2D eigenvalue weighted by Crippen LogP contribution is -2.51. The molecule has 0 aliphatic carbocycles. The summed E-state index contributed by atoms with van der Waals surface area (Å²) in [5, 5.41) is 2.99. The third-order valence-corrected chi connectivity index (χ3v) is 5.62. The summed E-state index contributed by atoms with van der Waals surface area (Å²) in [5.74, 6) is -0.276. The number of carbonyl (C=O) groups is 2. The molecular formula is C28H31FN2O3. The van der Waals surface area contributed by atoms with Crippen LogP contribution in [-0.4, -0.2) is 29.9 Å². The monoisotopic (exact) mass is 462 g/mol. The summed E-state index contributed by atoms with van der Waals surface area (Å²) in [7, 11) is 1.60. The number of halogens is 1. The lowest BCUT2D eigenvalue weighted by Gasteiger charge is -2.33. The van der Waals surface area contributed by atoms with Crippen molar-refractivity contribution in [3.63, 3.8) is 0 Å². The molecule has 0 spiro atoms. The first-order valence-electron chi connectivity index (χ1n) is 11.4. The van der Waals surface area contributed by atoms with Gasteiger partial charge in [-0.05, 0) is 41.0 Å². The Kier molecular flexibility index (Phi) is 8.79. The van der Waals surface area contributed by atoms with E-state index in [0.717, 1.165) is 22.4 Å². The Labute approximate surface area is 200 Å². The maximum atomic E-state index is 13.5. The number of ether oxygens (including phenoxy) is 1. The molecule has 1 atom stereocenters. The SMILES string of the molecule is COc1ccc(CNC(=O)[C@@H](Cc2ccccc2)N(Cc2ccc(F)cc2)C(=O)C(C)C)cc1. The molecule has 5 nitrogen and oxygen atoms in total. The molecule has 34 heavy (non-hydrogen) atoms. The fraction of sp³-hybridized carbons (Fsp3) is 0.286. The standard InChI is InChI=1S/C28H31FN2O3/c1-20(2)28(33)31(19-23-9-13-24(29)14-10-23)26(17-21-7-5-4-6-8-21)27(32)30-18-22-11-15-25(34-3)16-12-22/h4-16,20,26H,17-19H2,1-3H3,(H,30,32)/t26-/m1/s1. The van der Waals surface area contributed by atoms with Crippen LogP contribution in [0.3, 0.4) is 0 Å². The molecule has 0 aliphatic rings. The lowest BCUT2D eigenvalue weighted by atomic mass is 10.0. The first-order valence-corrected chi connectivity index (χ1v) is 11.4. The van der Waals surface area contributed by atoms with E-state index in [-0.39, 0.29) is 30.1 Å². The van der Waals surface area contributed by atoms with E-state index in [2.05, 4.69) is 5.32 Å². The molecule has 6 heteroatoms.